The van der Waals surface area contributed by atoms with Gasteiger partial charge in [-0.1, -0.05) is 0 Å². The van der Waals surface area contributed by atoms with Crippen LogP contribution in [-0.2, 0) is 4.74 Å². The Morgan fingerprint density at radius 1 is 1.47 bits per heavy atom. The Balaban J connectivity index is 2.24. The first-order valence-electron chi connectivity index (χ1n) is 6.13. The number of nitrogens with zero attached hydrogens (tertiary/aromatic N) is 4. The molecule has 1 aliphatic heterocycles. The molecule has 1 fully saturated rings. The number of rotatable bonds is 4. The summed E-state index contributed by atoms with van der Waals surface area (Å²) in [5, 5.41) is 9.42. The van der Waals surface area contributed by atoms with Gasteiger partial charge in [-0.25, -0.2) is 0 Å². The second-order valence-corrected chi connectivity index (χ2v) is 4.80. The topological polar surface area (TPSA) is 80.6 Å². The summed E-state index contributed by atoms with van der Waals surface area (Å²) in [4.78, 5) is 14.1. The van der Waals surface area contributed by atoms with Gasteiger partial charge in [-0.2, -0.15) is 15.0 Å². The van der Waals surface area contributed by atoms with Gasteiger partial charge in [-0.15, -0.1) is 0 Å². The van der Waals surface area contributed by atoms with E-state index in [9.17, 15) is 5.11 Å². The highest BCUT2D eigenvalue weighted by Gasteiger charge is 2.25. The molecule has 106 valence electrons. The van der Waals surface area contributed by atoms with Crippen LogP contribution in [-0.4, -0.2) is 58.6 Å². The van der Waals surface area contributed by atoms with E-state index in [1.807, 2.05) is 18.7 Å². The molecule has 0 bridgehead atoms. The van der Waals surface area contributed by atoms with E-state index in [0.29, 0.717) is 25.7 Å². The fourth-order valence-electron chi connectivity index (χ4n) is 1.78. The molecule has 1 atom stereocenters. The third-order valence-corrected chi connectivity index (χ3v) is 2.78. The Kier molecular flexibility index (Phi) is 4.73. The van der Waals surface area contributed by atoms with Crippen molar-refractivity contribution < 1.29 is 14.6 Å². The molecule has 0 aromatic carbocycles. The largest absolute Gasteiger partial charge is 0.461 e. The highest BCUT2D eigenvalue weighted by Crippen LogP contribution is 2.19. The summed E-state index contributed by atoms with van der Waals surface area (Å²) in [5.74, 6) is 0.401. The highest BCUT2D eigenvalue weighted by molar-refractivity contribution is 6.28. The lowest BCUT2D eigenvalue weighted by atomic mass is 10.2. The van der Waals surface area contributed by atoms with Gasteiger partial charge in [0.1, 0.15) is 0 Å². The van der Waals surface area contributed by atoms with E-state index in [-0.39, 0.29) is 30.0 Å². The zero-order chi connectivity index (χ0) is 13.8. The summed E-state index contributed by atoms with van der Waals surface area (Å²) in [5.41, 5.74) is 0. The maximum atomic E-state index is 9.35. The van der Waals surface area contributed by atoms with E-state index in [2.05, 4.69) is 15.0 Å². The molecule has 1 aromatic heterocycles. The van der Waals surface area contributed by atoms with Crippen molar-refractivity contribution in [3.05, 3.63) is 5.28 Å². The summed E-state index contributed by atoms with van der Waals surface area (Å²) in [6.45, 7) is 5.29. The van der Waals surface area contributed by atoms with Gasteiger partial charge in [0.2, 0.25) is 11.2 Å². The Labute approximate surface area is 116 Å². The van der Waals surface area contributed by atoms with Crippen molar-refractivity contribution in [3.63, 3.8) is 0 Å². The van der Waals surface area contributed by atoms with Crippen molar-refractivity contribution in [2.24, 2.45) is 0 Å². The van der Waals surface area contributed by atoms with E-state index >= 15 is 0 Å². The molecule has 2 rings (SSSR count). The fraction of sp³-hybridized carbons (Fsp3) is 0.727. The molecule has 0 saturated carbocycles. The van der Waals surface area contributed by atoms with E-state index in [1.54, 1.807) is 0 Å². The first-order valence-corrected chi connectivity index (χ1v) is 6.51. The van der Waals surface area contributed by atoms with Gasteiger partial charge in [0.15, 0.2) is 0 Å². The molecule has 1 saturated heterocycles. The monoisotopic (exact) mass is 288 g/mol. The van der Waals surface area contributed by atoms with E-state index < -0.39 is 0 Å². The SMILES string of the molecule is CC(C)Oc1nc(Cl)nc(N2CCOCC2CO)n1. The van der Waals surface area contributed by atoms with Crippen LogP contribution >= 0.6 is 11.6 Å². The quantitative estimate of drug-likeness (QED) is 0.864. The first-order chi connectivity index (χ1) is 9.10. The normalized spacial score (nSPS) is 19.8. The number of aliphatic hydroxyl groups is 1. The van der Waals surface area contributed by atoms with Gasteiger partial charge in [0.05, 0.1) is 32.0 Å². The Bertz CT molecular complexity index is 432. The molecule has 2 heterocycles. The summed E-state index contributed by atoms with van der Waals surface area (Å²) in [6.07, 6.45) is -0.0513. The Hall–Kier alpha value is -1.18. The van der Waals surface area contributed by atoms with Crippen molar-refractivity contribution >= 4 is 17.5 Å². The minimum absolute atomic E-state index is 0.0380. The Morgan fingerprint density at radius 3 is 2.95 bits per heavy atom. The molecule has 0 aliphatic carbocycles. The third-order valence-electron chi connectivity index (χ3n) is 2.61. The molecule has 8 heteroatoms. The fourth-order valence-corrected chi connectivity index (χ4v) is 1.93. The van der Waals surface area contributed by atoms with Crippen LogP contribution in [0.25, 0.3) is 0 Å². The third kappa shape index (κ3) is 3.65. The van der Waals surface area contributed by atoms with E-state index in [0.717, 1.165) is 0 Å². The molecule has 1 unspecified atom stereocenters. The zero-order valence-corrected chi connectivity index (χ0v) is 11.7. The van der Waals surface area contributed by atoms with Crippen molar-refractivity contribution in [2.45, 2.75) is 26.0 Å². The van der Waals surface area contributed by atoms with Crippen LogP contribution < -0.4 is 9.64 Å². The van der Waals surface area contributed by atoms with Crippen LogP contribution in [0.4, 0.5) is 5.95 Å². The predicted molar refractivity (Wildman–Crippen MR) is 69.6 cm³/mol. The number of hydrogen-bond acceptors (Lipinski definition) is 7. The molecule has 0 spiro atoms. The average molecular weight is 289 g/mol. The van der Waals surface area contributed by atoms with Crippen molar-refractivity contribution in [1.82, 2.24) is 15.0 Å². The lowest BCUT2D eigenvalue weighted by molar-refractivity contribution is 0.0716. The molecule has 1 aliphatic rings. The number of anilines is 1. The number of halogens is 1. The molecule has 19 heavy (non-hydrogen) atoms. The van der Waals surface area contributed by atoms with E-state index in [4.69, 9.17) is 21.1 Å². The van der Waals surface area contributed by atoms with Crippen molar-refractivity contribution in [3.8, 4) is 6.01 Å². The minimum Gasteiger partial charge on any atom is -0.461 e. The van der Waals surface area contributed by atoms with E-state index in [1.165, 1.54) is 0 Å². The smallest absolute Gasteiger partial charge is 0.322 e. The second-order valence-electron chi connectivity index (χ2n) is 4.46. The number of aliphatic hydroxyl groups excluding tert-OH is 1. The van der Waals surface area contributed by atoms with Gasteiger partial charge < -0.3 is 19.5 Å². The molecule has 1 aromatic rings. The van der Waals surface area contributed by atoms with Crippen LogP contribution in [0.15, 0.2) is 0 Å². The lowest BCUT2D eigenvalue weighted by Gasteiger charge is -2.34. The molecule has 1 N–H and O–H groups in total. The molecule has 7 nitrogen and oxygen atoms in total. The highest BCUT2D eigenvalue weighted by atomic mass is 35.5. The molecule has 0 amide bonds. The number of aromatic nitrogens is 3. The average Bonchev–Trinajstić information content (AvgIpc) is 2.37. The summed E-state index contributed by atoms with van der Waals surface area (Å²) < 4.78 is 10.7. The van der Waals surface area contributed by atoms with Crippen LogP contribution in [0.3, 0.4) is 0 Å². The van der Waals surface area contributed by atoms with Crippen LogP contribution in [0.1, 0.15) is 13.8 Å². The lowest BCUT2D eigenvalue weighted by Crippen LogP contribution is -2.48. The molecule has 0 radical (unpaired) electrons. The molecular formula is C11H17ClN4O3. The standard InChI is InChI=1S/C11H17ClN4O3/c1-7(2)19-11-14-9(12)13-10(15-11)16-3-4-18-6-8(16)5-17/h7-8,17H,3-6H2,1-2H3. The van der Waals surface area contributed by atoms with Gasteiger partial charge >= 0.3 is 6.01 Å². The summed E-state index contributed by atoms with van der Waals surface area (Å²) >= 11 is 5.88. The Morgan fingerprint density at radius 2 is 2.26 bits per heavy atom. The first kappa shape index (κ1) is 14.2. The van der Waals surface area contributed by atoms with Crippen molar-refractivity contribution in [1.29, 1.82) is 0 Å². The van der Waals surface area contributed by atoms with Gasteiger partial charge in [0, 0.05) is 6.54 Å². The van der Waals surface area contributed by atoms with Crippen LogP contribution in [0.2, 0.25) is 5.28 Å². The van der Waals surface area contributed by atoms with Gasteiger partial charge in [-0.3, -0.25) is 0 Å². The van der Waals surface area contributed by atoms with Gasteiger partial charge in [-0.05, 0) is 25.4 Å². The van der Waals surface area contributed by atoms with Crippen molar-refractivity contribution in [2.75, 3.05) is 31.3 Å². The minimum atomic E-state index is -0.181. The maximum Gasteiger partial charge on any atom is 0.322 e. The second kappa shape index (κ2) is 6.31. The predicted octanol–water partition coefficient (Wildman–Crippen LogP) is 0.510. The number of ether oxygens (including phenoxy) is 2. The summed E-state index contributed by atoms with van der Waals surface area (Å²) in [7, 11) is 0. The van der Waals surface area contributed by atoms with Crippen LogP contribution in [0.5, 0.6) is 6.01 Å². The van der Waals surface area contributed by atoms with Gasteiger partial charge in [0.25, 0.3) is 0 Å². The molecular weight excluding hydrogens is 272 g/mol. The number of hydrogen-bond donors (Lipinski definition) is 1. The zero-order valence-electron chi connectivity index (χ0n) is 10.9. The summed E-state index contributed by atoms with van der Waals surface area (Å²) in [6, 6.07) is 0.00676. The van der Waals surface area contributed by atoms with Crippen LogP contribution in [0, 0.1) is 0 Å². The maximum absolute atomic E-state index is 9.35. The number of morpholine rings is 1.